The molecule has 8 aromatic rings. The van der Waals surface area contributed by atoms with Gasteiger partial charge in [-0.1, -0.05) is 79.7 Å². The summed E-state index contributed by atoms with van der Waals surface area (Å²) in [6.45, 7) is 2.13. The summed E-state index contributed by atoms with van der Waals surface area (Å²) in [7, 11) is 0. The number of rotatable bonds is 14. The number of phenols is 8. The standard InChI is InChI=1S/C56H46Br4O8/c1-54(35-6-18-43(63)19-7-35,36-8-20-44(64)21-9-36)26-27-55(39-28-47(57)52(67)48(58)29-39,40-30-49(59)53(68)50(60)31-40)32-56(37-10-22-45(65)23-11-37,38-12-24-46(66)25-13-38)51(33-2-14-41(61)15-3-33)34-4-16-42(62)17-5-34/h2-25,28-31,51,61-68H,26-27,32H2,1H3. The highest BCUT2D eigenvalue weighted by atomic mass is 79.9. The first-order valence-electron chi connectivity index (χ1n) is 21.6. The second-order valence-corrected chi connectivity index (χ2v) is 20.9. The minimum atomic E-state index is -1.21. The fourth-order valence-corrected chi connectivity index (χ4v) is 12.3. The highest BCUT2D eigenvalue weighted by Gasteiger charge is 2.52. The molecule has 0 amide bonds. The molecule has 0 saturated carbocycles. The summed E-state index contributed by atoms with van der Waals surface area (Å²) in [5.41, 5.74) is 3.28. The number of phenolic OH excluding ortho intramolecular Hbond substituents is 8. The summed E-state index contributed by atoms with van der Waals surface area (Å²) in [6.07, 6.45) is 0.990. The third-order valence-corrected chi connectivity index (χ3v) is 15.9. The van der Waals surface area contributed by atoms with Gasteiger partial charge in [0.25, 0.3) is 0 Å². The molecule has 8 N–H and O–H groups in total. The van der Waals surface area contributed by atoms with Crippen LogP contribution in [0.5, 0.6) is 46.0 Å². The van der Waals surface area contributed by atoms with Crippen molar-refractivity contribution in [2.45, 2.75) is 48.3 Å². The molecule has 8 rings (SSSR count). The van der Waals surface area contributed by atoms with Crippen LogP contribution in [0, 0.1) is 0 Å². The molecular weight excluding hydrogens is 1120 g/mol. The van der Waals surface area contributed by atoms with Crippen molar-refractivity contribution in [1.29, 1.82) is 0 Å². The molecule has 0 unspecified atom stereocenters. The van der Waals surface area contributed by atoms with Gasteiger partial charge in [0, 0.05) is 22.2 Å². The predicted molar refractivity (Wildman–Crippen MR) is 279 cm³/mol. The van der Waals surface area contributed by atoms with Gasteiger partial charge in [-0.15, -0.1) is 0 Å². The molecule has 0 fully saturated rings. The molecule has 0 aliphatic rings. The monoisotopic (exact) mass is 1160 g/mol. The van der Waals surface area contributed by atoms with E-state index < -0.39 is 22.2 Å². The van der Waals surface area contributed by atoms with Gasteiger partial charge in [0.1, 0.15) is 46.0 Å². The average Bonchev–Trinajstić information content (AvgIpc) is 3.32. The fraction of sp³-hybridized carbons (Fsp3) is 0.143. The first-order valence-corrected chi connectivity index (χ1v) is 24.7. The minimum Gasteiger partial charge on any atom is -0.508 e. The Labute approximate surface area is 428 Å². The van der Waals surface area contributed by atoms with Crippen LogP contribution in [0.15, 0.2) is 188 Å². The van der Waals surface area contributed by atoms with Crippen molar-refractivity contribution in [2.24, 2.45) is 0 Å². The van der Waals surface area contributed by atoms with E-state index in [-0.39, 0.29) is 52.4 Å². The molecule has 0 aliphatic carbocycles. The maximum Gasteiger partial charge on any atom is 0.143 e. The quantitative estimate of drug-likeness (QED) is 0.0534. The normalized spacial score (nSPS) is 12.1. The SMILES string of the molecule is CC(CCC(CC(c1ccc(O)cc1)(c1ccc(O)cc1)C(c1ccc(O)cc1)c1ccc(O)cc1)(c1cc(Br)c(O)c(Br)c1)c1cc(Br)c(O)c(Br)c1)(c1ccc(O)cc1)c1ccc(O)cc1. The summed E-state index contributed by atoms with van der Waals surface area (Å²) in [6, 6.07) is 50.0. The molecule has 0 spiro atoms. The lowest BCUT2D eigenvalue weighted by molar-refractivity contribution is 0.285. The van der Waals surface area contributed by atoms with Gasteiger partial charge in [-0.05, 0) is 225 Å². The zero-order valence-electron chi connectivity index (χ0n) is 36.5. The van der Waals surface area contributed by atoms with Crippen LogP contribution in [0.2, 0.25) is 0 Å². The van der Waals surface area contributed by atoms with E-state index in [1.165, 1.54) is 0 Å². The average molecular weight is 1170 g/mol. The lowest BCUT2D eigenvalue weighted by Crippen LogP contribution is -2.45. The molecular formula is C56H46Br4O8. The van der Waals surface area contributed by atoms with Gasteiger partial charge in [-0.2, -0.15) is 0 Å². The van der Waals surface area contributed by atoms with Crippen LogP contribution in [0.4, 0.5) is 0 Å². The first-order chi connectivity index (χ1) is 32.4. The van der Waals surface area contributed by atoms with Crippen molar-refractivity contribution in [2.75, 3.05) is 0 Å². The second-order valence-electron chi connectivity index (χ2n) is 17.4. The number of hydrogen-bond donors (Lipinski definition) is 8. The molecule has 0 radical (unpaired) electrons. The van der Waals surface area contributed by atoms with E-state index in [2.05, 4.69) is 70.6 Å². The van der Waals surface area contributed by atoms with Crippen molar-refractivity contribution in [3.63, 3.8) is 0 Å². The molecule has 0 heterocycles. The molecule has 0 aliphatic heterocycles. The number of benzene rings is 8. The van der Waals surface area contributed by atoms with Crippen LogP contribution in [0.25, 0.3) is 0 Å². The maximum atomic E-state index is 11.4. The summed E-state index contributed by atoms with van der Waals surface area (Å²) < 4.78 is 1.65. The lowest BCUT2D eigenvalue weighted by atomic mass is 9.52. The van der Waals surface area contributed by atoms with Gasteiger partial charge in [0.2, 0.25) is 0 Å². The molecule has 0 bridgehead atoms. The van der Waals surface area contributed by atoms with E-state index in [1.54, 1.807) is 72.8 Å². The Bertz CT molecular complexity index is 2810. The van der Waals surface area contributed by atoms with E-state index in [9.17, 15) is 40.9 Å². The zero-order valence-corrected chi connectivity index (χ0v) is 42.8. The lowest BCUT2D eigenvalue weighted by Gasteiger charge is -2.50. The van der Waals surface area contributed by atoms with E-state index >= 15 is 0 Å². The summed E-state index contributed by atoms with van der Waals surface area (Å²) in [5, 5.41) is 87.3. The van der Waals surface area contributed by atoms with Gasteiger partial charge in [-0.3, -0.25) is 0 Å². The third kappa shape index (κ3) is 9.44. The number of aromatic hydroxyl groups is 8. The van der Waals surface area contributed by atoms with Gasteiger partial charge >= 0.3 is 0 Å². The zero-order chi connectivity index (χ0) is 48.5. The Morgan fingerprint density at radius 3 is 0.912 bits per heavy atom. The fourth-order valence-electron chi connectivity index (χ4n) is 9.90. The van der Waals surface area contributed by atoms with Gasteiger partial charge in [0.05, 0.1) is 17.9 Å². The topological polar surface area (TPSA) is 162 Å². The Hall–Kier alpha value is -5.92. The number of halogens is 4. The van der Waals surface area contributed by atoms with E-state index in [0.717, 1.165) is 44.5 Å². The molecule has 8 nitrogen and oxygen atoms in total. The molecule has 0 atom stereocenters. The van der Waals surface area contributed by atoms with Crippen LogP contribution >= 0.6 is 63.7 Å². The van der Waals surface area contributed by atoms with Crippen molar-refractivity contribution in [3.05, 3.63) is 232 Å². The Balaban J connectivity index is 1.56. The maximum absolute atomic E-state index is 11.4. The second kappa shape index (κ2) is 19.6. The Morgan fingerprint density at radius 1 is 0.353 bits per heavy atom. The van der Waals surface area contributed by atoms with Crippen molar-refractivity contribution in [1.82, 2.24) is 0 Å². The van der Waals surface area contributed by atoms with Crippen LogP contribution in [-0.4, -0.2) is 40.9 Å². The van der Waals surface area contributed by atoms with E-state index in [4.69, 9.17) is 0 Å². The summed E-state index contributed by atoms with van der Waals surface area (Å²) in [4.78, 5) is 0. The molecule has 346 valence electrons. The smallest absolute Gasteiger partial charge is 0.143 e. The summed E-state index contributed by atoms with van der Waals surface area (Å²) >= 11 is 14.8. The molecule has 0 aromatic heterocycles. The predicted octanol–water partition coefficient (Wildman–Crippen LogP) is 14.7. The van der Waals surface area contributed by atoms with E-state index in [0.29, 0.717) is 30.7 Å². The van der Waals surface area contributed by atoms with Crippen LogP contribution < -0.4 is 0 Å². The molecule has 0 saturated heterocycles. The van der Waals surface area contributed by atoms with Crippen LogP contribution in [0.3, 0.4) is 0 Å². The van der Waals surface area contributed by atoms with Crippen molar-refractivity contribution >= 4 is 63.7 Å². The third-order valence-electron chi connectivity index (χ3n) is 13.5. The Morgan fingerprint density at radius 2 is 0.618 bits per heavy atom. The van der Waals surface area contributed by atoms with Crippen molar-refractivity contribution < 1.29 is 40.9 Å². The van der Waals surface area contributed by atoms with Gasteiger partial charge in [-0.25, -0.2) is 0 Å². The highest BCUT2D eigenvalue weighted by molar-refractivity contribution is 9.11. The molecule has 68 heavy (non-hydrogen) atoms. The first kappa shape index (κ1) is 48.5. The Kier molecular flexibility index (Phi) is 14.0. The minimum absolute atomic E-state index is 0.0110. The van der Waals surface area contributed by atoms with Gasteiger partial charge in [0.15, 0.2) is 0 Å². The molecule has 8 aromatic carbocycles. The highest BCUT2D eigenvalue weighted by Crippen LogP contribution is 2.60. The summed E-state index contributed by atoms with van der Waals surface area (Å²) in [5.74, 6) is -0.229. The largest absolute Gasteiger partial charge is 0.508 e. The van der Waals surface area contributed by atoms with Gasteiger partial charge < -0.3 is 40.9 Å². The number of hydrogen-bond acceptors (Lipinski definition) is 8. The van der Waals surface area contributed by atoms with Crippen molar-refractivity contribution in [3.8, 4) is 46.0 Å². The van der Waals surface area contributed by atoms with Crippen LogP contribution in [0.1, 0.15) is 76.6 Å². The van der Waals surface area contributed by atoms with E-state index in [1.807, 2.05) is 97.1 Å². The molecule has 12 heteroatoms. The van der Waals surface area contributed by atoms with Crippen LogP contribution in [-0.2, 0) is 16.2 Å².